The lowest BCUT2D eigenvalue weighted by molar-refractivity contribution is -0.157. The van der Waals surface area contributed by atoms with Crippen LogP contribution in [0, 0.1) is 0 Å². The highest BCUT2D eigenvalue weighted by atomic mass is 16.5. The van der Waals surface area contributed by atoms with E-state index < -0.39 is 0 Å². The van der Waals surface area contributed by atoms with Crippen molar-refractivity contribution in [2.75, 3.05) is 38.7 Å². The van der Waals surface area contributed by atoms with Gasteiger partial charge < -0.3 is 19.5 Å². The molecule has 2 atom stereocenters. The molecule has 1 aromatic heterocycles. The van der Waals surface area contributed by atoms with E-state index in [1.807, 2.05) is 37.3 Å². The Morgan fingerprint density at radius 1 is 1.21 bits per heavy atom. The van der Waals surface area contributed by atoms with Crippen LogP contribution in [0.2, 0.25) is 0 Å². The van der Waals surface area contributed by atoms with Crippen LogP contribution in [0.5, 0.6) is 11.5 Å². The Bertz CT molecular complexity index is 1090. The molecule has 1 N–H and O–H groups in total. The molecule has 1 fully saturated rings. The average molecular weight is 451 g/mol. The third kappa shape index (κ3) is 5.70. The van der Waals surface area contributed by atoms with Crippen molar-refractivity contribution in [3.8, 4) is 11.5 Å². The Hall–Kier alpha value is -3.39. The fourth-order valence-electron chi connectivity index (χ4n) is 4.03. The summed E-state index contributed by atoms with van der Waals surface area (Å²) in [5.41, 5.74) is 1.95. The molecular formula is C25H30N4O4. The van der Waals surface area contributed by atoms with Crippen molar-refractivity contribution in [1.82, 2.24) is 14.9 Å². The maximum Gasteiger partial charge on any atom is 0.320 e. The number of fused-ring (bicyclic) bond motifs is 1. The Labute approximate surface area is 193 Å². The molecule has 8 nitrogen and oxygen atoms in total. The number of hydrogen-bond acceptors (Lipinski definition) is 8. The molecule has 0 unspecified atom stereocenters. The molecule has 0 saturated carbocycles. The smallest absolute Gasteiger partial charge is 0.320 e. The maximum absolute atomic E-state index is 11.6. The lowest BCUT2D eigenvalue weighted by atomic mass is 10.1. The van der Waals surface area contributed by atoms with Gasteiger partial charge in [0.05, 0.1) is 25.8 Å². The first-order valence-corrected chi connectivity index (χ1v) is 11.2. The first kappa shape index (κ1) is 22.8. The van der Waals surface area contributed by atoms with Gasteiger partial charge in [0.1, 0.15) is 18.2 Å². The number of morpholine rings is 1. The van der Waals surface area contributed by atoms with Crippen LogP contribution < -0.4 is 14.8 Å². The summed E-state index contributed by atoms with van der Waals surface area (Å²) in [7, 11) is 1.62. The number of anilines is 1. The number of carbonyl (C=O) groups excluding carboxylic acids is 1. The minimum atomic E-state index is -0.171. The van der Waals surface area contributed by atoms with Crippen molar-refractivity contribution in [3.05, 3.63) is 54.4 Å². The Morgan fingerprint density at radius 2 is 2.03 bits per heavy atom. The second-order valence-corrected chi connectivity index (χ2v) is 8.26. The van der Waals surface area contributed by atoms with E-state index >= 15 is 0 Å². The molecule has 0 radical (unpaired) electrons. The highest BCUT2D eigenvalue weighted by Gasteiger charge is 2.23. The van der Waals surface area contributed by atoms with Gasteiger partial charge in [-0.15, -0.1) is 0 Å². The number of esters is 1. The zero-order chi connectivity index (χ0) is 23.2. The zero-order valence-electron chi connectivity index (χ0n) is 19.3. The number of ether oxygens (including phenoxy) is 3. The minimum absolute atomic E-state index is 0.0723. The molecule has 3 aromatic rings. The van der Waals surface area contributed by atoms with Crippen molar-refractivity contribution < 1.29 is 19.0 Å². The van der Waals surface area contributed by atoms with E-state index in [4.69, 9.17) is 14.2 Å². The van der Waals surface area contributed by atoms with E-state index in [9.17, 15) is 4.79 Å². The first-order valence-electron chi connectivity index (χ1n) is 11.2. The summed E-state index contributed by atoms with van der Waals surface area (Å²) in [4.78, 5) is 22.6. The molecular weight excluding hydrogens is 420 g/mol. The normalized spacial score (nSPS) is 17.4. The molecule has 8 heteroatoms. The lowest BCUT2D eigenvalue weighted by Gasteiger charge is -2.30. The third-order valence-electron chi connectivity index (χ3n) is 5.65. The molecule has 4 rings (SSSR count). The van der Waals surface area contributed by atoms with E-state index in [0.29, 0.717) is 24.7 Å². The fourth-order valence-corrected chi connectivity index (χ4v) is 4.03. The predicted molar refractivity (Wildman–Crippen MR) is 127 cm³/mol. The van der Waals surface area contributed by atoms with Crippen LogP contribution in [0.15, 0.2) is 48.8 Å². The van der Waals surface area contributed by atoms with Gasteiger partial charge in [0.25, 0.3) is 0 Å². The summed E-state index contributed by atoms with van der Waals surface area (Å²) in [5, 5.41) is 4.35. The Morgan fingerprint density at radius 3 is 2.79 bits per heavy atom. The van der Waals surface area contributed by atoms with Gasteiger partial charge in [-0.25, -0.2) is 9.97 Å². The number of nitrogens with one attached hydrogen (secondary N) is 1. The van der Waals surface area contributed by atoms with Gasteiger partial charge in [0.2, 0.25) is 0 Å². The summed E-state index contributed by atoms with van der Waals surface area (Å²) < 4.78 is 16.8. The summed E-state index contributed by atoms with van der Waals surface area (Å²) in [6, 6.07) is 14.1. The highest BCUT2D eigenvalue weighted by Crippen LogP contribution is 2.35. The van der Waals surface area contributed by atoms with E-state index in [-0.39, 0.29) is 18.1 Å². The topological polar surface area (TPSA) is 85.8 Å². The molecule has 0 spiro atoms. The van der Waals surface area contributed by atoms with Gasteiger partial charge in [-0.3, -0.25) is 9.69 Å². The number of rotatable bonds is 9. The van der Waals surface area contributed by atoms with Gasteiger partial charge in [0.15, 0.2) is 11.5 Å². The molecule has 1 saturated heterocycles. The fraction of sp³-hybridized carbons (Fsp3) is 0.400. The molecule has 174 valence electrons. The minimum Gasteiger partial charge on any atom is -0.493 e. The molecule has 2 heterocycles. The monoisotopic (exact) mass is 450 g/mol. The number of carbonyl (C=O) groups is 1. The van der Waals surface area contributed by atoms with Crippen molar-refractivity contribution in [2.45, 2.75) is 32.4 Å². The van der Waals surface area contributed by atoms with Crippen LogP contribution in [-0.2, 0) is 9.53 Å². The molecule has 0 bridgehead atoms. The van der Waals surface area contributed by atoms with E-state index in [1.54, 1.807) is 13.4 Å². The van der Waals surface area contributed by atoms with Crippen LogP contribution in [0.3, 0.4) is 0 Å². The van der Waals surface area contributed by atoms with Crippen LogP contribution in [-0.4, -0.2) is 60.3 Å². The van der Waals surface area contributed by atoms with Crippen molar-refractivity contribution in [1.29, 1.82) is 0 Å². The van der Waals surface area contributed by atoms with Gasteiger partial charge in [-0.05, 0) is 31.9 Å². The molecule has 1 aliphatic heterocycles. The van der Waals surface area contributed by atoms with Crippen LogP contribution in [0.25, 0.3) is 10.9 Å². The molecule has 33 heavy (non-hydrogen) atoms. The van der Waals surface area contributed by atoms with E-state index in [0.717, 1.165) is 36.2 Å². The van der Waals surface area contributed by atoms with Crippen LogP contribution >= 0.6 is 0 Å². The molecule has 0 amide bonds. The summed E-state index contributed by atoms with van der Waals surface area (Å²) in [6.07, 6.45) is 2.26. The average Bonchev–Trinajstić information content (AvgIpc) is 2.81. The molecule has 1 aliphatic rings. The van der Waals surface area contributed by atoms with E-state index in [1.165, 1.54) is 5.56 Å². The summed E-state index contributed by atoms with van der Waals surface area (Å²) in [5.74, 6) is 1.83. The Kier molecular flexibility index (Phi) is 7.24. The SMILES string of the molecule is COc1cc2ncnc(N[C@H](C)c3ccccc3)c2cc1OCCCN1CC(=O)O[C@H](C)C1. The number of aromatic nitrogens is 2. The maximum atomic E-state index is 11.6. The second-order valence-electron chi connectivity index (χ2n) is 8.26. The van der Waals surface area contributed by atoms with Gasteiger partial charge in [0, 0.05) is 30.6 Å². The number of nitrogens with zero attached hydrogens (tertiary/aromatic N) is 3. The number of hydrogen-bond donors (Lipinski definition) is 1. The molecule has 2 aromatic carbocycles. The third-order valence-corrected chi connectivity index (χ3v) is 5.65. The number of methoxy groups -OCH3 is 1. The second kappa shape index (κ2) is 10.5. The number of cyclic esters (lactones) is 1. The predicted octanol–water partition coefficient (Wildman–Crippen LogP) is 3.83. The molecule has 0 aliphatic carbocycles. The van der Waals surface area contributed by atoms with Crippen molar-refractivity contribution in [3.63, 3.8) is 0 Å². The highest BCUT2D eigenvalue weighted by molar-refractivity contribution is 5.91. The lowest BCUT2D eigenvalue weighted by Crippen LogP contribution is -2.44. The van der Waals surface area contributed by atoms with Gasteiger partial charge in [-0.1, -0.05) is 30.3 Å². The van der Waals surface area contributed by atoms with Crippen molar-refractivity contribution >= 4 is 22.7 Å². The quantitative estimate of drug-likeness (QED) is 0.389. The largest absolute Gasteiger partial charge is 0.493 e. The van der Waals surface area contributed by atoms with Gasteiger partial charge in [-0.2, -0.15) is 0 Å². The standard InChI is InChI=1S/C25H30N4O4/c1-17-14-29(15-24(30)33-17)10-7-11-32-23-12-20-21(13-22(23)31-3)26-16-27-25(20)28-18(2)19-8-5-4-6-9-19/h4-6,8-9,12-13,16-18H,7,10-11,14-15H2,1-3H3,(H,26,27,28)/t17-,18-/m1/s1. The zero-order valence-corrected chi connectivity index (χ0v) is 19.3. The number of benzene rings is 2. The summed E-state index contributed by atoms with van der Waals surface area (Å²) in [6.45, 7) is 6.35. The Balaban J connectivity index is 1.46. The van der Waals surface area contributed by atoms with Crippen molar-refractivity contribution in [2.24, 2.45) is 0 Å². The van der Waals surface area contributed by atoms with Crippen LogP contribution in [0.1, 0.15) is 31.9 Å². The van der Waals surface area contributed by atoms with Crippen LogP contribution in [0.4, 0.5) is 5.82 Å². The first-order chi connectivity index (χ1) is 16.0. The van der Waals surface area contributed by atoms with Gasteiger partial charge >= 0.3 is 5.97 Å². The summed E-state index contributed by atoms with van der Waals surface area (Å²) >= 11 is 0. The van der Waals surface area contributed by atoms with E-state index in [2.05, 4.69) is 39.2 Å².